The minimum absolute atomic E-state index is 0.00926. The van der Waals surface area contributed by atoms with E-state index in [2.05, 4.69) is 0 Å². The summed E-state index contributed by atoms with van der Waals surface area (Å²) in [5, 5.41) is 9.68. The van der Waals surface area contributed by atoms with Crippen molar-refractivity contribution in [2.45, 2.75) is 19.0 Å². The average molecular weight is 241 g/mol. The van der Waals surface area contributed by atoms with Gasteiger partial charge in [0.15, 0.2) is 0 Å². The van der Waals surface area contributed by atoms with Gasteiger partial charge < -0.3 is 5.11 Å². The molecule has 0 radical (unpaired) electrons. The van der Waals surface area contributed by atoms with Crippen LogP contribution in [0.15, 0.2) is 18.2 Å². The van der Waals surface area contributed by atoms with E-state index in [1.54, 1.807) is 0 Å². The van der Waals surface area contributed by atoms with Gasteiger partial charge in [0.05, 0.1) is 0 Å². The largest absolute Gasteiger partial charge is 0.382 e. The lowest BCUT2D eigenvalue weighted by molar-refractivity contribution is -0.0953. The van der Waals surface area contributed by atoms with Crippen LogP contribution in [-0.2, 0) is 0 Å². The zero-order valence-electron chi connectivity index (χ0n) is 7.27. The first-order chi connectivity index (χ1) is 6.30. The second kappa shape index (κ2) is 4.01. The van der Waals surface area contributed by atoms with Gasteiger partial charge in [0.25, 0.3) is 5.92 Å². The Balaban J connectivity index is 3.07. The number of benzene rings is 1. The standard InChI is InChI=1S/C9H8Cl2F2O/c1-9(12,13)8(14)5-2-6(10)4-7(11)3-5/h2-4,8,14H,1H3. The molecule has 1 unspecified atom stereocenters. The van der Waals surface area contributed by atoms with Gasteiger partial charge in [-0.25, -0.2) is 8.78 Å². The molecule has 1 rings (SSSR count). The minimum atomic E-state index is -3.21. The highest BCUT2D eigenvalue weighted by molar-refractivity contribution is 6.34. The molecule has 0 fully saturated rings. The third kappa shape index (κ3) is 2.80. The Bertz CT molecular complexity index is 316. The number of aliphatic hydroxyl groups is 1. The maximum Gasteiger partial charge on any atom is 0.274 e. The Morgan fingerprint density at radius 1 is 1.21 bits per heavy atom. The number of rotatable bonds is 2. The predicted octanol–water partition coefficient (Wildman–Crippen LogP) is 3.68. The SMILES string of the molecule is CC(F)(F)C(O)c1cc(Cl)cc(Cl)c1. The van der Waals surface area contributed by atoms with Crippen LogP contribution in [-0.4, -0.2) is 11.0 Å². The maximum absolute atomic E-state index is 12.7. The fourth-order valence-electron chi connectivity index (χ4n) is 1.03. The third-order valence-corrected chi connectivity index (χ3v) is 2.12. The second-order valence-corrected chi connectivity index (χ2v) is 3.93. The number of halogens is 4. The molecule has 0 bridgehead atoms. The molecule has 14 heavy (non-hydrogen) atoms. The van der Waals surface area contributed by atoms with Gasteiger partial charge in [0.1, 0.15) is 6.10 Å². The van der Waals surface area contributed by atoms with Gasteiger partial charge >= 0.3 is 0 Å². The molecule has 0 aromatic heterocycles. The van der Waals surface area contributed by atoms with Crippen LogP contribution in [0.4, 0.5) is 8.78 Å². The van der Waals surface area contributed by atoms with Crippen LogP contribution in [0, 0.1) is 0 Å². The molecular weight excluding hydrogens is 233 g/mol. The Kier molecular flexibility index (Phi) is 3.35. The lowest BCUT2D eigenvalue weighted by Crippen LogP contribution is -2.21. The number of hydrogen-bond donors (Lipinski definition) is 1. The van der Waals surface area contributed by atoms with Crippen LogP contribution in [0.3, 0.4) is 0 Å². The fraction of sp³-hybridized carbons (Fsp3) is 0.333. The summed E-state index contributed by atoms with van der Waals surface area (Å²) in [4.78, 5) is 0. The average Bonchev–Trinajstić information content (AvgIpc) is 1.99. The highest BCUT2D eigenvalue weighted by Gasteiger charge is 2.33. The summed E-state index contributed by atoms with van der Waals surface area (Å²) in [6.07, 6.45) is -1.89. The number of alkyl halides is 2. The maximum atomic E-state index is 12.7. The van der Waals surface area contributed by atoms with E-state index in [-0.39, 0.29) is 15.6 Å². The molecule has 0 amide bonds. The molecule has 78 valence electrons. The number of aliphatic hydroxyl groups excluding tert-OH is 1. The van der Waals surface area contributed by atoms with Crippen molar-refractivity contribution < 1.29 is 13.9 Å². The second-order valence-electron chi connectivity index (χ2n) is 3.06. The van der Waals surface area contributed by atoms with E-state index in [4.69, 9.17) is 23.2 Å². The Morgan fingerprint density at radius 3 is 2.00 bits per heavy atom. The lowest BCUT2D eigenvalue weighted by Gasteiger charge is -2.18. The van der Waals surface area contributed by atoms with Crippen molar-refractivity contribution in [3.05, 3.63) is 33.8 Å². The molecule has 0 aliphatic carbocycles. The predicted molar refractivity (Wildman–Crippen MR) is 52.0 cm³/mol. The monoisotopic (exact) mass is 240 g/mol. The molecule has 1 aromatic rings. The van der Waals surface area contributed by atoms with Gasteiger partial charge in [0, 0.05) is 17.0 Å². The summed E-state index contributed by atoms with van der Waals surface area (Å²) in [5.41, 5.74) is 0.00926. The van der Waals surface area contributed by atoms with Crippen molar-refractivity contribution in [2.24, 2.45) is 0 Å². The molecule has 0 aliphatic rings. The van der Waals surface area contributed by atoms with Crippen molar-refractivity contribution in [2.75, 3.05) is 0 Å². The van der Waals surface area contributed by atoms with Crippen LogP contribution >= 0.6 is 23.2 Å². The first-order valence-electron chi connectivity index (χ1n) is 3.82. The Morgan fingerprint density at radius 2 is 1.64 bits per heavy atom. The van der Waals surface area contributed by atoms with Crippen LogP contribution < -0.4 is 0 Å². The summed E-state index contributed by atoms with van der Waals surface area (Å²) in [5.74, 6) is -3.21. The van der Waals surface area contributed by atoms with Gasteiger partial charge in [-0.05, 0) is 23.8 Å². The van der Waals surface area contributed by atoms with Crippen molar-refractivity contribution in [3.63, 3.8) is 0 Å². The molecule has 1 aromatic carbocycles. The number of hydrogen-bond acceptors (Lipinski definition) is 1. The zero-order valence-corrected chi connectivity index (χ0v) is 8.78. The fourth-order valence-corrected chi connectivity index (χ4v) is 1.57. The van der Waals surface area contributed by atoms with E-state index in [0.29, 0.717) is 6.92 Å². The van der Waals surface area contributed by atoms with Crippen molar-refractivity contribution >= 4 is 23.2 Å². The molecular formula is C9H8Cl2F2O. The highest BCUT2D eigenvalue weighted by atomic mass is 35.5. The summed E-state index contributed by atoms with van der Waals surface area (Å²) in [6.45, 7) is 0.631. The molecule has 0 aliphatic heterocycles. The van der Waals surface area contributed by atoms with E-state index >= 15 is 0 Å². The van der Waals surface area contributed by atoms with Crippen LogP contribution in [0.5, 0.6) is 0 Å². The van der Waals surface area contributed by atoms with Gasteiger partial charge in [0.2, 0.25) is 0 Å². The van der Waals surface area contributed by atoms with Gasteiger partial charge in [-0.1, -0.05) is 23.2 Å². The topological polar surface area (TPSA) is 20.2 Å². The molecule has 0 spiro atoms. The third-order valence-electron chi connectivity index (χ3n) is 1.68. The van der Waals surface area contributed by atoms with Crippen LogP contribution in [0.2, 0.25) is 10.0 Å². The highest BCUT2D eigenvalue weighted by Crippen LogP contribution is 2.33. The lowest BCUT2D eigenvalue weighted by atomic mass is 10.1. The molecule has 0 heterocycles. The first kappa shape index (κ1) is 11.7. The molecule has 1 atom stereocenters. The van der Waals surface area contributed by atoms with E-state index < -0.39 is 12.0 Å². The smallest absolute Gasteiger partial charge is 0.274 e. The van der Waals surface area contributed by atoms with E-state index in [1.807, 2.05) is 0 Å². The Labute approximate surface area is 90.3 Å². The van der Waals surface area contributed by atoms with Crippen molar-refractivity contribution in [3.8, 4) is 0 Å². The normalized spacial score (nSPS) is 14.1. The molecule has 1 N–H and O–H groups in total. The first-order valence-corrected chi connectivity index (χ1v) is 4.58. The quantitative estimate of drug-likeness (QED) is 0.837. The molecule has 0 saturated carbocycles. The van der Waals surface area contributed by atoms with Crippen molar-refractivity contribution in [1.82, 2.24) is 0 Å². The summed E-state index contributed by atoms with van der Waals surface area (Å²) < 4.78 is 25.5. The van der Waals surface area contributed by atoms with Gasteiger partial charge in [-0.2, -0.15) is 0 Å². The molecule has 1 nitrogen and oxygen atoms in total. The van der Waals surface area contributed by atoms with Gasteiger partial charge in [-0.3, -0.25) is 0 Å². The van der Waals surface area contributed by atoms with E-state index in [0.717, 1.165) is 0 Å². The van der Waals surface area contributed by atoms with Crippen LogP contribution in [0.25, 0.3) is 0 Å². The minimum Gasteiger partial charge on any atom is -0.382 e. The van der Waals surface area contributed by atoms with Gasteiger partial charge in [-0.15, -0.1) is 0 Å². The zero-order chi connectivity index (χ0) is 10.9. The summed E-state index contributed by atoms with van der Waals surface area (Å²) in [7, 11) is 0. The van der Waals surface area contributed by atoms with E-state index in [9.17, 15) is 13.9 Å². The Hall–Kier alpha value is -0.380. The summed E-state index contributed by atoms with van der Waals surface area (Å²) >= 11 is 11.2. The molecule has 0 saturated heterocycles. The van der Waals surface area contributed by atoms with Crippen molar-refractivity contribution in [1.29, 1.82) is 0 Å². The van der Waals surface area contributed by atoms with E-state index in [1.165, 1.54) is 18.2 Å². The van der Waals surface area contributed by atoms with Crippen LogP contribution in [0.1, 0.15) is 18.6 Å². The molecule has 5 heteroatoms. The summed E-state index contributed by atoms with van der Waals surface area (Å²) in [6, 6.07) is 3.93.